The Labute approximate surface area is 97.5 Å². The van der Waals surface area contributed by atoms with Crippen LogP contribution in [-0.2, 0) is 6.54 Å². The van der Waals surface area contributed by atoms with Crippen molar-refractivity contribution in [3.05, 3.63) is 18.1 Å². The maximum absolute atomic E-state index is 5.66. The highest BCUT2D eigenvalue weighted by Gasteiger charge is 2.07. The first-order valence-corrected chi connectivity index (χ1v) is 5.74. The Kier molecular flexibility index (Phi) is 5.19. The van der Waals surface area contributed by atoms with Crippen molar-refractivity contribution >= 4 is 0 Å². The van der Waals surface area contributed by atoms with Gasteiger partial charge in [0.2, 0.25) is 5.88 Å². The van der Waals surface area contributed by atoms with Gasteiger partial charge >= 0.3 is 0 Å². The van der Waals surface area contributed by atoms with Crippen LogP contribution in [0.5, 0.6) is 5.88 Å². The Morgan fingerprint density at radius 1 is 1.25 bits per heavy atom. The van der Waals surface area contributed by atoms with E-state index in [9.17, 15) is 0 Å². The van der Waals surface area contributed by atoms with E-state index < -0.39 is 0 Å². The highest BCUT2D eigenvalue weighted by molar-refractivity contribution is 5.07. The summed E-state index contributed by atoms with van der Waals surface area (Å²) in [7, 11) is 1.89. The minimum absolute atomic E-state index is 0.185. The molecule has 0 aliphatic rings. The van der Waals surface area contributed by atoms with Crippen molar-refractivity contribution in [1.82, 2.24) is 15.3 Å². The fraction of sp³-hybridized carbons (Fsp3) is 0.667. The van der Waals surface area contributed by atoms with Crippen molar-refractivity contribution in [2.24, 2.45) is 5.92 Å². The Balaban J connectivity index is 2.48. The second-order valence-corrected chi connectivity index (χ2v) is 4.43. The number of rotatable bonds is 6. The van der Waals surface area contributed by atoms with Gasteiger partial charge in [-0.25, -0.2) is 4.98 Å². The second kappa shape index (κ2) is 6.43. The smallest absolute Gasteiger partial charge is 0.232 e. The quantitative estimate of drug-likeness (QED) is 0.801. The van der Waals surface area contributed by atoms with Crippen LogP contribution in [0.2, 0.25) is 0 Å². The highest BCUT2D eigenvalue weighted by Crippen LogP contribution is 2.12. The third kappa shape index (κ3) is 4.57. The van der Waals surface area contributed by atoms with Gasteiger partial charge in [-0.3, -0.25) is 4.98 Å². The van der Waals surface area contributed by atoms with E-state index in [-0.39, 0.29) is 6.10 Å². The SMILES string of the molecule is CNCc1cnc(OC(C)CC(C)C)cn1. The van der Waals surface area contributed by atoms with Gasteiger partial charge in [-0.2, -0.15) is 0 Å². The number of nitrogens with one attached hydrogen (secondary N) is 1. The molecule has 4 heteroatoms. The largest absolute Gasteiger partial charge is 0.474 e. The molecule has 0 fully saturated rings. The first-order chi connectivity index (χ1) is 7.61. The zero-order valence-corrected chi connectivity index (χ0v) is 10.5. The van der Waals surface area contributed by atoms with E-state index in [1.807, 2.05) is 7.05 Å². The first-order valence-electron chi connectivity index (χ1n) is 5.74. The monoisotopic (exact) mass is 223 g/mol. The van der Waals surface area contributed by atoms with E-state index >= 15 is 0 Å². The molecule has 0 saturated heterocycles. The molecule has 0 radical (unpaired) electrons. The van der Waals surface area contributed by atoms with E-state index in [1.165, 1.54) is 0 Å². The molecule has 0 aliphatic carbocycles. The molecular formula is C12H21N3O. The maximum atomic E-state index is 5.66. The molecule has 1 N–H and O–H groups in total. The van der Waals surface area contributed by atoms with Gasteiger partial charge in [0.1, 0.15) is 0 Å². The molecule has 1 heterocycles. The van der Waals surface area contributed by atoms with Gasteiger partial charge in [0.25, 0.3) is 0 Å². The average Bonchev–Trinajstić information content (AvgIpc) is 2.20. The van der Waals surface area contributed by atoms with Crippen LogP contribution in [0, 0.1) is 5.92 Å². The molecule has 1 aromatic heterocycles. The van der Waals surface area contributed by atoms with Crippen molar-refractivity contribution in [2.45, 2.75) is 39.8 Å². The summed E-state index contributed by atoms with van der Waals surface area (Å²) in [5.41, 5.74) is 0.923. The molecule has 0 aliphatic heterocycles. The molecule has 0 aromatic carbocycles. The number of hydrogen-bond donors (Lipinski definition) is 1. The molecule has 90 valence electrons. The van der Waals surface area contributed by atoms with Crippen LogP contribution in [0.4, 0.5) is 0 Å². The van der Waals surface area contributed by atoms with Crippen molar-refractivity contribution < 1.29 is 4.74 Å². The van der Waals surface area contributed by atoms with Crippen molar-refractivity contribution in [3.8, 4) is 5.88 Å². The fourth-order valence-electron chi connectivity index (χ4n) is 1.59. The molecule has 4 nitrogen and oxygen atoms in total. The number of nitrogens with zero attached hydrogens (tertiary/aromatic N) is 2. The van der Waals surface area contributed by atoms with Crippen LogP contribution in [0.3, 0.4) is 0 Å². The third-order valence-corrected chi connectivity index (χ3v) is 2.16. The summed E-state index contributed by atoms with van der Waals surface area (Å²) in [6.45, 7) is 7.15. The summed E-state index contributed by atoms with van der Waals surface area (Å²) in [4.78, 5) is 8.47. The number of ether oxygens (including phenoxy) is 1. The van der Waals surface area contributed by atoms with Crippen LogP contribution in [0.15, 0.2) is 12.4 Å². The summed E-state index contributed by atoms with van der Waals surface area (Å²) >= 11 is 0. The first kappa shape index (κ1) is 12.9. The van der Waals surface area contributed by atoms with Crippen LogP contribution < -0.4 is 10.1 Å². The summed E-state index contributed by atoms with van der Waals surface area (Å²) < 4.78 is 5.66. The van der Waals surface area contributed by atoms with Crippen LogP contribution in [0.25, 0.3) is 0 Å². The number of aromatic nitrogens is 2. The molecule has 1 aromatic rings. The summed E-state index contributed by atoms with van der Waals surface area (Å²) in [6, 6.07) is 0. The molecule has 16 heavy (non-hydrogen) atoms. The lowest BCUT2D eigenvalue weighted by atomic mass is 10.1. The normalized spacial score (nSPS) is 12.8. The van der Waals surface area contributed by atoms with Gasteiger partial charge in [0, 0.05) is 6.54 Å². The minimum Gasteiger partial charge on any atom is -0.474 e. The standard InChI is InChI=1S/C12H21N3O/c1-9(2)5-10(3)16-12-8-14-11(6-13-4)7-15-12/h7-10,13H,5-6H2,1-4H3. The van der Waals surface area contributed by atoms with Gasteiger partial charge in [-0.1, -0.05) is 13.8 Å². The summed E-state index contributed by atoms with van der Waals surface area (Å²) in [5, 5.41) is 3.03. The minimum atomic E-state index is 0.185. The molecule has 0 spiro atoms. The molecule has 0 saturated carbocycles. The Morgan fingerprint density at radius 3 is 2.50 bits per heavy atom. The van der Waals surface area contributed by atoms with Gasteiger partial charge in [-0.05, 0) is 26.3 Å². The predicted octanol–water partition coefficient (Wildman–Crippen LogP) is 2.01. The lowest BCUT2D eigenvalue weighted by molar-refractivity contribution is 0.185. The molecule has 0 amide bonds. The number of hydrogen-bond acceptors (Lipinski definition) is 4. The Bertz CT molecular complexity index is 298. The topological polar surface area (TPSA) is 47.0 Å². The van der Waals surface area contributed by atoms with Crippen LogP contribution >= 0.6 is 0 Å². The van der Waals surface area contributed by atoms with Crippen molar-refractivity contribution in [1.29, 1.82) is 0 Å². The van der Waals surface area contributed by atoms with E-state index in [4.69, 9.17) is 4.74 Å². The Morgan fingerprint density at radius 2 is 2.00 bits per heavy atom. The van der Waals surface area contributed by atoms with E-state index in [2.05, 4.69) is 36.1 Å². The van der Waals surface area contributed by atoms with Gasteiger partial charge in [-0.15, -0.1) is 0 Å². The highest BCUT2D eigenvalue weighted by atomic mass is 16.5. The van der Waals surface area contributed by atoms with Gasteiger partial charge in [0.15, 0.2) is 0 Å². The second-order valence-electron chi connectivity index (χ2n) is 4.43. The maximum Gasteiger partial charge on any atom is 0.232 e. The fourth-order valence-corrected chi connectivity index (χ4v) is 1.59. The molecule has 1 rings (SSSR count). The van der Waals surface area contributed by atoms with Gasteiger partial charge in [0.05, 0.1) is 24.2 Å². The third-order valence-electron chi connectivity index (χ3n) is 2.16. The van der Waals surface area contributed by atoms with Gasteiger partial charge < -0.3 is 10.1 Å². The molecule has 0 bridgehead atoms. The molecule has 1 unspecified atom stereocenters. The Hall–Kier alpha value is -1.16. The zero-order valence-electron chi connectivity index (χ0n) is 10.5. The van der Waals surface area contributed by atoms with Crippen LogP contribution in [-0.4, -0.2) is 23.1 Å². The lowest BCUT2D eigenvalue weighted by Crippen LogP contribution is -2.15. The lowest BCUT2D eigenvalue weighted by Gasteiger charge is -2.15. The average molecular weight is 223 g/mol. The summed E-state index contributed by atoms with van der Waals surface area (Å²) in [6.07, 6.45) is 4.64. The van der Waals surface area contributed by atoms with E-state index in [1.54, 1.807) is 12.4 Å². The van der Waals surface area contributed by atoms with Crippen molar-refractivity contribution in [2.75, 3.05) is 7.05 Å². The van der Waals surface area contributed by atoms with Crippen molar-refractivity contribution in [3.63, 3.8) is 0 Å². The van der Waals surface area contributed by atoms with E-state index in [0.29, 0.717) is 11.8 Å². The zero-order chi connectivity index (χ0) is 12.0. The summed E-state index contributed by atoms with van der Waals surface area (Å²) in [5.74, 6) is 1.24. The molecular weight excluding hydrogens is 202 g/mol. The van der Waals surface area contributed by atoms with Crippen LogP contribution in [0.1, 0.15) is 32.9 Å². The molecule has 1 atom stereocenters. The predicted molar refractivity (Wildman–Crippen MR) is 64.3 cm³/mol. The van der Waals surface area contributed by atoms with E-state index in [0.717, 1.165) is 18.7 Å².